The minimum absolute atomic E-state index is 0.0997. The molecule has 1 aliphatic rings. The van der Waals surface area contributed by atoms with Gasteiger partial charge in [-0.05, 0) is 30.6 Å². The van der Waals surface area contributed by atoms with Crippen molar-refractivity contribution in [2.45, 2.75) is 53.1 Å². The Morgan fingerprint density at radius 1 is 1.31 bits per heavy atom. The van der Waals surface area contributed by atoms with Gasteiger partial charge in [0.25, 0.3) is 0 Å². The summed E-state index contributed by atoms with van der Waals surface area (Å²) in [6, 6.07) is 0. The Labute approximate surface area is 81.9 Å². The summed E-state index contributed by atoms with van der Waals surface area (Å²) in [7, 11) is 0. The van der Waals surface area contributed by atoms with Crippen molar-refractivity contribution in [3.63, 3.8) is 0 Å². The Morgan fingerprint density at radius 2 is 1.92 bits per heavy atom. The molecule has 1 fully saturated rings. The normalized spacial score (nSPS) is 33.8. The molecule has 0 spiro atoms. The molecule has 1 saturated carbocycles. The molecule has 0 bridgehead atoms. The standard InChI is InChI=1S/C12H22O/c1-9-5-10(7-11(13)6-9)8-12(2,3)4/h8-9,11,13H,5-7H2,1-4H3/b10-8+/t9-,11+/m0/s1. The van der Waals surface area contributed by atoms with E-state index < -0.39 is 0 Å². The van der Waals surface area contributed by atoms with Crippen LogP contribution in [0.2, 0.25) is 0 Å². The molecule has 1 nitrogen and oxygen atoms in total. The van der Waals surface area contributed by atoms with Crippen LogP contribution < -0.4 is 0 Å². The fourth-order valence-electron chi connectivity index (χ4n) is 2.19. The average molecular weight is 182 g/mol. The van der Waals surface area contributed by atoms with E-state index in [9.17, 15) is 5.11 Å². The van der Waals surface area contributed by atoms with Crippen LogP contribution in [0.25, 0.3) is 0 Å². The summed E-state index contributed by atoms with van der Waals surface area (Å²) >= 11 is 0. The van der Waals surface area contributed by atoms with E-state index in [0.717, 1.165) is 12.8 Å². The topological polar surface area (TPSA) is 20.2 Å². The van der Waals surface area contributed by atoms with Gasteiger partial charge in [-0.3, -0.25) is 0 Å². The van der Waals surface area contributed by atoms with Crippen LogP contribution in [-0.2, 0) is 0 Å². The van der Waals surface area contributed by atoms with E-state index in [1.165, 1.54) is 12.0 Å². The van der Waals surface area contributed by atoms with Gasteiger partial charge >= 0.3 is 0 Å². The summed E-state index contributed by atoms with van der Waals surface area (Å²) in [4.78, 5) is 0. The second-order valence-corrected chi connectivity index (χ2v) is 5.57. The molecule has 0 aromatic heterocycles. The van der Waals surface area contributed by atoms with E-state index in [-0.39, 0.29) is 11.5 Å². The van der Waals surface area contributed by atoms with Crippen molar-refractivity contribution in [2.75, 3.05) is 0 Å². The lowest BCUT2D eigenvalue weighted by molar-refractivity contribution is 0.127. The van der Waals surface area contributed by atoms with E-state index in [2.05, 4.69) is 33.8 Å². The summed E-state index contributed by atoms with van der Waals surface area (Å²) in [6.45, 7) is 8.86. The van der Waals surface area contributed by atoms with Gasteiger partial charge in [0.15, 0.2) is 0 Å². The predicted octanol–water partition coefficient (Wildman–Crippen LogP) is 3.14. The maximum absolute atomic E-state index is 9.61. The maximum atomic E-state index is 9.61. The molecule has 1 N–H and O–H groups in total. The lowest BCUT2D eigenvalue weighted by Gasteiger charge is -2.27. The lowest BCUT2D eigenvalue weighted by atomic mass is 9.81. The highest BCUT2D eigenvalue weighted by molar-refractivity contribution is 5.11. The fraction of sp³-hybridized carbons (Fsp3) is 0.833. The van der Waals surface area contributed by atoms with Crippen LogP contribution >= 0.6 is 0 Å². The van der Waals surface area contributed by atoms with Crippen LogP contribution in [0.1, 0.15) is 47.0 Å². The van der Waals surface area contributed by atoms with Gasteiger partial charge in [-0.25, -0.2) is 0 Å². The lowest BCUT2D eigenvalue weighted by Crippen LogP contribution is -2.20. The molecular formula is C12H22O. The Morgan fingerprint density at radius 3 is 2.38 bits per heavy atom. The molecule has 0 aliphatic heterocycles. The molecule has 0 radical (unpaired) electrons. The van der Waals surface area contributed by atoms with Crippen LogP contribution in [0.3, 0.4) is 0 Å². The molecule has 1 rings (SSSR count). The van der Waals surface area contributed by atoms with Gasteiger partial charge in [-0.15, -0.1) is 0 Å². The van der Waals surface area contributed by atoms with Crippen LogP contribution in [0.5, 0.6) is 0 Å². The monoisotopic (exact) mass is 182 g/mol. The molecule has 0 unspecified atom stereocenters. The molecule has 0 aromatic rings. The zero-order chi connectivity index (χ0) is 10.1. The van der Waals surface area contributed by atoms with Gasteiger partial charge in [0.1, 0.15) is 0 Å². The van der Waals surface area contributed by atoms with E-state index in [1.54, 1.807) is 0 Å². The molecule has 0 amide bonds. The number of allylic oxidation sites excluding steroid dienone is 1. The van der Waals surface area contributed by atoms with Crippen molar-refractivity contribution in [1.29, 1.82) is 0 Å². The third-order valence-corrected chi connectivity index (χ3v) is 2.42. The Hall–Kier alpha value is -0.300. The quantitative estimate of drug-likeness (QED) is 0.571. The van der Waals surface area contributed by atoms with Gasteiger partial charge in [-0.1, -0.05) is 39.3 Å². The highest BCUT2D eigenvalue weighted by atomic mass is 16.3. The molecule has 0 saturated heterocycles. The summed E-state index contributed by atoms with van der Waals surface area (Å²) < 4.78 is 0. The molecule has 1 aliphatic carbocycles. The molecule has 1 heteroatoms. The molecule has 0 aromatic carbocycles. The number of hydrogen-bond donors (Lipinski definition) is 1. The largest absolute Gasteiger partial charge is 0.393 e. The Bertz CT molecular complexity index is 186. The van der Waals surface area contributed by atoms with Crippen LogP contribution in [0.4, 0.5) is 0 Å². The first-order chi connectivity index (χ1) is 5.87. The first-order valence-electron chi connectivity index (χ1n) is 5.25. The first kappa shape index (κ1) is 10.8. The Kier molecular flexibility index (Phi) is 3.18. The summed E-state index contributed by atoms with van der Waals surface area (Å²) in [6.07, 6.45) is 5.26. The highest BCUT2D eigenvalue weighted by Gasteiger charge is 2.21. The van der Waals surface area contributed by atoms with Crippen LogP contribution in [0, 0.1) is 11.3 Å². The van der Waals surface area contributed by atoms with E-state index in [0.29, 0.717) is 5.92 Å². The van der Waals surface area contributed by atoms with Crippen molar-refractivity contribution in [3.8, 4) is 0 Å². The van der Waals surface area contributed by atoms with Crippen molar-refractivity contribution >= 4 is 0 Å². The first-order valence-corrected chi connectivity index (χ1v) is 5.25. The van der Waals surface area contributed by atoms with Gasteiger partial charge < -0.3 is 5.11 Å². The van der Waals surface area contributed by atoms with Crippen LogP contribution in [-0.4, -0.2) is 11.2 Å². The van der Waals surface area contributed by atoms with Crippen LogP contribution in [0.15, 0.2) is 11.6 Å². The molecular weight excluding hydrogens is 160 g/mol. The fourth-order valence-corrected chi connectivity index (χ4v) is 2.19. The third kappa shape index (κ3) is 3.95. The summed E-state index contributed by atoms with van der Waals surface area (Å²) in [5, 5.41) is 9.61. The summed E-state index contributed by atoms with van der Waals surface area (Å²) in [5.74, 6) is 0.650. The SMILES string of the molecule is C[C@H]1C/C(=C\C(C)(C)C)C[C@H](O)C1. The van der Waals surface area contributed by atoms with Crippen molar-refractivity contribution < 1.29 is 5.11 Å². The zero-order valence-electron chi connectivity index (χ0n) is 9.30. The van der Waals surface area contributed by atoms with Crippen molar-refractivity contribution in [1.82, 2.24) is 0 Å². The van der Waals surface area contributed by atoms with E-state index >= 15 is 0 Å². The average Bonchev–Trinajstić information content (AvgIpc) is 1.78. The summed E-state index contributed by atoms with van der Waals surface area (Å²) in [5.41, 5.74) is 1.70. The van der Waals surface area contributed by atoms with E-state index in [4.69, 9.17) is 0 Å². The zero-order valence-corrected chi connectivity index (χ0v) is 9.30. The molecule has 0 heterocycles. The van der Waals surface area contributed by atoms with Gasteiger partial charge in [0.05, 0.1) is 6.10 Å². The minimum Gasteiger partial charge on any atom is -0.393 e. The minimum atomic E-state index is -0.0997. The number of hydrogen-bond acceptors (Lipinski definition) is 1. The van der Waals surface area contributed by atoms with Crippen molar-refractivity contribution in [2.24, 2.45) is 11.3 Å². The number of aliphatic hydroxyl groups excluding tert-OH is 1. The maximum Gasteiger partial charge on any atom is 0.0580 e. The third-order valence-electron chi connectivity index (χ3n) is 2.42. The second kappa shape index (κ2) is 3.83. The highest BCUT2D eigenvalue weighted by Crippen LogP contribution is 2.31. The Balaban J connectivity index is 2.65. The molecule has 13 heavy (non-hydrogen) atoms. The van der Waals surface area contributed by atoms with Gasteiger partial charge in [0, 0.05) is 0 Å². The smallest absolute Gasteiger partial charge is 0.0580 e. The van der Waals surface area contributed by atoms with Gasteiger partial charge in [0.2, 0.25) is 0 Å². The van der Waals surface area contributed by atoms with Gasteiger partial charge in [-0.2, -0.15) is 0 Å². The van der Waals surface area contributed by atoms with E-state index in [1.807, 2.05) is 0 Å². The second-order valence-electron chi connectivity index (χ2n) is 5.57. The molecule has 2 atom stereocenters. The van der Waals surface area contributed by atoms with Crippen molar-refractivity contribution in [3.05, 3.63) is 11.6 Å². The number of aliphatic hydroxyl groups is 1. The predicted molar refractivity (Wildman–Crippen MR) is 56.6 cm³/mol. The number of rotatable bonds is 0. The molecule has 76 valence electrons.